The van der Waals surface area contributed by atoms with Crippen LogP contribution >= 0.6 is 0 Å². The first kappa shape index (κ1) is 14.8. The number of benzene rings is 3. The third kappa shape index (κ3) is 3.39. The molecule has 114 valence electrons. The molecule has 3 rings (SSSR count). The molecule has 0 fully saturated rings. The third-order valence-corrected chi connectivity index (χ3v) is 3.51. The number of amides is 1. The van der Waals surface area contributed by atoms with Gasteiger partial charge in [-0.25, -0.2) is 5.48 Å². The topological polar surface area (TPSA) is 61.4 Å². The van der Waals surface area contributed by atoms with Crippen molar-refractivity contribution in [3.8, 4) is 11.1 Å². The van der Waals surface area contributed by atoms with Crippen LogP contribution in [-0.4, -0.2) is 11.1 Å². The van der Waals surface area contributed by atoms with E-state index in [9.17, 15) is 4.79 Å². The average Bonchev–Trinajstić information content (AvgIpc) is 2.62. The second kappa shape index (κ2) is 6.77. The number of rotatable bonds is 4. The van der Waals surface area contributed by atoms with Gasteiger partial charge in [0.2, 0.25) is 0 Å². The van der Waals surface area contributed by atoms with Gasteiger partial charge in [0, 0.05) is 16.9 Å². The predicted molar refractivity (Wildman–Crippen MR) is 90.9 cm³/mol. The molecule has 3 aromatic carbocycles. The van der Waals surface area contributed by atoms with Gasteiger partial charge in [-0.1, -0.05) is 48.5 Å². The molecule has 0 saturated heterocycles. The molecule has 4 heteroatoms. The molecule has 0 aliphatic heterocycles. The number of carbonyl (C=O) groups is 1. The van der Waals surface area contributed by atoms with Crippen molar-refractivity contribution < 1.29 is 10.0 Å². The molecule has 0 saturated carbocycles. The average molecular weight is 304 g/mol. The van der Waals surface area contributed by atoms with Gasteiger partial charge in [-0.3, -0.25) is 10.0 Å². The third-order valence-electron chi connectivity index (χ3n) is 3.51. The lowest BCUT2D eigenvalue weighted by molar-refractivity contribution is 0.0707. The molecule has 0 bridgehead atoms. The highest BCUT2D eigenvalue weighted by Gasteiger charge is 2.13. The van der Waals surface area contributed by atoms with Gasteiger partial charge in [0.25, 0.3) is 5.91 Å². The first-order valence-corrected chi connectivity index (χ1v) is 7.24. The minimum Gasteiger partial charge on any atom is -0.356 e. The largest absolute Gasteiger partial charge is 0.356 e. The Morgan fingerprint density at radius 2 is 1.43 bits per heavy atom. The molecule has 3 N–H and O–H groups in total. The summed E-state index contributed by atoms with van der Waals surface area (Å²) in [4.78, 5) is 11.9. The molecule has 0 radical (unpaired) electrons. The standard InChI is InChI=1S/C19H16N2O2/c22-19(21-23)17-12-11-16(20-15-9-5-2-6-10-15)13-18(17)14-7-3-1-4-8-14/h1-13,20,23H,(H,21,22). The highest BCUT2D eigenvalue weighted by Crippen LogP contribution is 2.28. The second-order valence-electron chi connectivity index (χ2n) is 5.06. The molecule has 0 aliphatic carbocycles. The molecular weight excluding hydrogens is 288 g/mol. The molecule has 3 aromatic rings. The molecular formula is C19H16N2O2. The van der Waals surface area contributed by atoms with Crippen molar-refractivity contribution >= 4 is 17.3 Å². The predicted octanol–water partition coefficient (Wildman–Crippen LogP) is 4.22. The Morgan fingerprint density at radius 3 is 2.09 bits per heavy atom. The summed E-state index contributed by atoms with van der Waals surface area (Å²) < 4.78 is 0. The van der Waals surface area contributed by atoms with Crippen LogP contribution < -0.4 is 10.8 Å². The SMILES string of the molecule is O=C(NO)c1ccc(Nc2ccccc2)cc1-c1ccccc1. The van der Waals surface area contributed by atoms with E-state index in [4.69, 9.17) is 5.21 Å². The van der Waals surface area contributed by atoms with Gasteiger partial charge in [0.1, 0.15) is 0 Å². The van der Waals surface area contributed by atoms with Gasteiger partial charge in [0.05, 0.1) is 0 Å². The monoisotopic (exact) mass is 304 g/mol. The maximum absolute atomic E-state index is 11.9. The summed E-state index contributed by atoms with van der Waals surface area (Å²) in [6.07, 6.45) is 0. The van der Waals surface area contributed by atoms with Gasteiger partial charge in [-0.2, -0.15) is 0 Å². The zero-order valence-corrected chi connectivity index (χ0v) is 12.4. The fourth-order valence-corrected chi connectivity index (χ4v) is 2.42. The fraction of sp³-hybridized carbons (Fsp3) is 0. The number of anilines is 2. The Bertz CT molecular complexity index is 802. The van der Waals surface area contributed by atoms with Crippen LogP contribution in [0.2, 0.25) is 0 Å². The van der Waals surface area contributed by atoms with E-state index < -0.39 is 5.91 Å². The lowest BCUT2D eigenvalue weighted by Crippen LogP contribution is -2.19. The Kier molecular flexibility index (Phi) is 4.36. The van der Waals surface area contributed by atoms with Gasteiger partial charge < -0.3 is 5.32 Å². The minimum atomic E-state index is -0.532. The Balaban J connectivity index is 2.03. The number of carbonyl (C=O) groups excluding carboxylic acids is 1. The Morgan fingerprint density at radius 1 is 0.783 bits per heavy atom. The Hall–Kier alpha value is -3.11. The fourth-order valence-electron chi connectivity index (χ4n) is 2.42. The summed E-state index contributed by atoms with van der Waals surface area (Å²) in [5, 5.41) is 12.3. The number of hydroxylamine groups is 1. The van der Waals surface area contributed by atoms with Crippen LogP contribution in [0.5, 0.6) is 0 Å². The van der Waals surface area contributed by atoms with Gasteiger partial charge in [-0.15, -0.1) is 0 Å². The van der Waals surface area contributed by atoms with E-state index >= 15 is 0 Å². The number of hydrogen-bond donors (Lipinski definition) is 3. The van der Waals surface area contributed by atoms with E-state index in [-0.39, 0.29) is 0 Å². The van der Waals surface area contributed by atoms with Crippen molar-refractivity contribution in [2.45, 2.75) is 0 Å². The van der Waals surface area contributed by atoms with Crippen molar-refractivity contribution in [2.75, 3.05) is 5.32 Å². The first-order chi connectivity index (χ1) is 11.3. The zero-order chi connectivity index (χ0) is 16.1. The molecule has 0 atom stereocenters. The maximum atomic E-state index is 11.9. The lowest BCUT2D eigenvalue weighted by atomic mass is 9.98. The van der Waals surface area contributed by atoms with Crippen LogP contribution in [0.4, 0.5) is 11.4 Å². The normalized spacial score (nSPS) is 10.1. The van der Waals surface area contributed by atoms with Crippen LogP contribution in [0.15, 0.2) is 78.9 Å². The van der Waals surface area contributed by atoms with Crippen molar-refractivity contribution in [3.05, 3.63) is 84.4 Å². The van der Waals surface area contributed by atoms with Gasteiger partial charge in [-0.05, 0) is 41.5 Å². The summed E-state index contributed by atoms with van der Waals surface area (Å²) >= 11 is 0. The highest BCUT2D eigenvalue weighted by atomic mass is 16.5. The van der Waals surface area contributed by atoms with E-state index in [1.54, 1.807) is 11.5 Å². The highest BCUT2D eigenvalue weighted by molar-refractivity contribution is 6.01. The van der Waals surface area contributed by atoms with Gasteiger partial charge >= 0.3 is 0 Å². The molecule has 0 aliphatic rings. The maximum Gasteiger partial charge on any atom is 0.275 e. The summed E-state index contributed by atoms with van der Waals surface area (Å²) in [5.74, 6) is -0.532. The number of nitrogens with one attached hydrogen (secondary N) is 2. The summed E-state index contributed by atoms with van der Waals surface area (Å²) in [7, 11) is 0. The van der Waals surface area contributed by atoms with Crippen LogP contribution in [0, 0.1) is 0 Å². The molecule has 0 spiro atoms. The lowest BCUT2D eigenvalue weighted by Gasteiger charge is -2.12. The molecule has 0 unspecified atom stereocenters. The summed E-state index contributed by atoms with van der Waals surface area (Å²) in [6, 6.07) is 24.8. The molecule has 0 heterocycles. The van der Waals surface area contributed by atoms with Crippen molar-refractivity contribution in [3.63, 3.8) is 0 Å². The molecule has 0 aromatic heterocycles. The van der Waals surface area contributed by atoms with Crippen molar-refractivity contribution in [1.82, 2.24) is 5.48 Å². The summed E-state index contributed by atoms with van der Waals surface area (Å²) in [6.45, 7) is 0. The second-order valence-corrected chi connectivity index (χ2v) is 5.06. The minimum absolute atomic E-state index is 0.414. The van der Waals surface area contributed by atoms with Gasteiger partial charge in [0.15, 0.2) is 0 Å². The van der Waals surface area contributed by atoms with E-state index in [2.05, 4.69) is 5.32 Å². The summed E-state index contributed by atoms with van der Waals surface area (Å²) in [5.41, 5.74) is 5.60. The molecule has 23 heavy (non-hydrogen) atoms. The van der Waals surface area contributed by atoms with E-state index in [1.165, 1.54) is 0 Å². The van der Waals surface area contributed by atoms with Crippen LogP contribution in [-0.2, 0) is 0 Å². The van der Waals surface area contributed by atoms with E-state index in [0.29, 0.717) is 5.56 Å². The smallest absolute Gasteiger partial charge is 0.275 e. The van der Waals surface area contributed by atoms with Crippen LogP contribution in [0.25, 0.3) is 11.1 Å². The van der Waals surface area contributed by atoms with Crippen molar-refractivity contribution in [2.24, 2.45) is 0 Å². The van der Waals surface area contributed by atoms with E-state index in [1.807, 2.05) is 72.8 Å². The zero-order valence-electron chi connectivity index (χ0n) is 12.4. The van der Waals surface area contributed by atoms with Crippen LogP contribution in [0.3, 0.4) is 0 Å². The van der Waals surface area contributed by atoms with E-state index in [0.717, 1.165) is 22.5 Å². The number of hydrogen-bond acceptors (Lipinski definition) is 3. The molecule has 4 nitrogen and oxygen atoms in total. The first-order valence-electron chi connectivity index (χ1n) is 7.24. The Labute approximate surface area is 134 Å². The van der Waals surface area contributed by atoms with Crippen molar-refractivity contribution in [1.29, 1.82) is 0 Å². The molecule has 1 amide bonds. The quantitative estimate of drug-likeness (QED) is 0.499. The van der Waals surface area contributed by atoms with Crippen LogP contribution in [0.1, 0.15) is 10.4 Å². The number of para-hydroxylation sites is 1.